The van der Waals surface area contributed by atoms with Crippen LogP contribution in [0.25, 0.3) is 0 Å². The zero-order chi connectivity index (χ0) is 15.5. The first-order valence-electron chi connectivity index (χ1n) is 7.74. The molecule has 0 spiro atoms. The van der Waals surface area contributed by atoms with Gasteiger partial charge in [0.15, 0.2) is 5.03 Å². The third-order valence-electron chi connectivity index (χ3n) is 3.63. The minimum Gasteiger partial charge on any atom is -0.310 e. The zero-order valence-corrected chi connectivity index (χ0v) is 13.9. The number of sulfonamides is 1. The Hall–Kier alpha value is -0.920. The van der Waals surface area contributed by atoms with Crippen LogP contribution in [0.4, 0.5) is 0 Å². The Morgan fingerprint density at radius 1 is 1.48 bits per heavy atom. The molecule has 6 nitrogen and oxygen atoms in total. The van der Waals surface area contributed by atoms with E-state index in [4.69, 9.17) is 0 Å². The largest absolute Gasteiger partial charge is 0.310 e. The topological polar surface area (TPSA) is 78.1 Å². The molecule has 0 amide bonds. The molecule has 1 aliphatic carbocycles. The van der Waals surface area contributed by atoms with Gasteiger partial charge in [-0.05, 0) is 19.3 Å². The van der Waals surface area contributed by atoms with Gasteiger partial charge >= 0.3 is 0 Å². The first kappa shape index (κ1) is 16.5. The smallest absolute Gasteiger partial charge is 0.260 e. The molecule has 1 aromatic heterocycles. The summed E-state index contributed by atoms with van der Waals surface area (Å²) in [7, 11) is -3.47. The highest BCUT2D eigenvalue weighted by molar-refractivity contribution is 7.89. The molecule has 0 atom stereocenters. The van der Waals surface area contributed by atoms with Gasteiger partial charge in [0.1, 0.15) is 0 Å². The van der Waals surface area contributed by atoms with Gasteiger partial charge in [0.2, 0.25) is 0 Å². The predicted molar refractivity (Wildman–Crippen MR) is 82.4 cm³/mol. The monoisotopic (exact) mass is 314 g/mol. The van der Waals surface area contributed by atoms with Crippen molar-refractivity contribution in [2.45, 2.75) is 70.1 Å². The van der Waals surface area contributed by atoms with E-state index in [0.717, 1.165) is 25.7 Å². The number of nitrogens with one attached hydrogen (secondary N) is 2. The second-order valence-corrected chi connectivity index (χ2v) is 7.79. The van der Waals surface area contributed by atoms with Crippen molar-refractivity contribution >= 4 is 10.0 Å². The maximum atomic E-state index is 12.9. The molecule has 1 saturated carbocycles. The van der Waals surface area contributed by atoms with Crippen molar-refractivity contribution in [2.75, 3.05) is 6.54 Å². The molecule has 120 valence electrons. The average Bonchev–Trinajstić information content (AvgIpc) is 3.13. The fourth-order valence-electron chi connectivity index (χ4n) is 2.26. The number of hydrogen-bond acceptors (Lipinski definition) is 4. The second-order valence-electron chi connectivity index (χ2n) is 5.96. The van der Waals surface area contributed by atoms with Crippen molar-refractivity contribution in [3.05, 3.63) is 11.8 Å². The molecular weight excluding hydrogens is 288 g/mol. The third-order valence-corrected chi connectivity index (χ3v) is 5.60. The minimum absolute atomic E-state index is 0.177. The van der Waals surface area contributed by atoms with Gasteiger partial charge < -0.3 is 5.32 Å². The standard InChI is InChI=1S/C14H26N4O2S/c1-4-5-8-18(13-6-7-13)21(19,20)14-12(10-16-17-14)9-15-11(2)3/h10-11,13,15H,4-9H2,1-3H3,(H,16,17). The zero-order valence-electron chi connectivity index (χ0n) is 13.1. The molecular formula is C14H26N4O2S. The van der Waals surface area contributed by atoms with E-state index in [1.54, 1.807) is 10.5 Å². The lowest BCUT2D eigenvalue weighted by molar-refractivity contribution is 0.393. The number of hydrogen-bond donors (Lipinski definition) is 2. The van der Waals surface area contributed by atoms with Crippen molar-refractivity contribution in [3.63, 3.8) is 0 Å². The van der Waals surface area contributed by atoms with Crippen molar-refractivity contribution in [1.82, 2.24) is 19.8 Å². The quantitative estimate of drug-likeness (QED) is 0.729. The lowest BCUT2D eigenvalue weighted by Gasteiger charge is -2.21. The summed E-state index contributed by atoms with van der Waals surface area (Å²) in [5, 5.41) is 10.1. The number of H-pyrrole nitrogens is 1. The van der Waals surface area contributed by atoms with Crippen LogP contribution in [0.3, 0.4) is 0 Å². The molecule has 0 radical (unpaired) electrons. The highest BCUT2D eigenvalue weighted by atomic mass is 32.2. The van der Waals surface area contributed by atoms with Crippen molar-refractivity contribution in [3.8, 4) is 0 Å². The van der Waals surface area contributed by atoms with Gasteiger partial charge in [-0.3, -0.25) is 5.10 Å². The van der Waals surface area contributed by atoms with E-state index >= 15 is 0 Å². The SMILES string of the molecule is CCCCN(C1CC1)S(=O)(=O)c1[nH]ncc1CNC(C)C. The molecule has 0 saturated heterocycles. The molecule has 21 heavy (non-hydrogen) atoms. The number of rotatable bonds is 9. The van der Waals surface area contributed by atoms with Crippen LogP contribution in [0.5, 0.6) is 0 Å². The summed E-state index contributed by atoms with van der Waals surface area (Å²) in [5.74, 6) is 0. The molecule has 0 bridgehead atoms. The van der Waals surface area contributed by atoms with E-state index in [1.165, 1.54) is 0 Å². The summed E-state index contributed by atoms with van der Waals surface area (Å²) in [6.45, 7) is 7.25. The van der Waals surface area contributed by atoms with Crippen molar-refractivity contribution < 1.29 is 8.42 Å². The van der Waals surface area contributed by atoms with E-state index in [0.29, 0.717) is 24.7 Å². The minimum atomic E-state index is -3.47. The summed E-state index contributed by atoms with van der Waals surface area (Å²) >= 11 is 0. The van der Waals surface area contributed by atoms with E-state index in [-0.39, 0.29) is 11.1 Å². The molecule has 0 aliphatic heterocycles. The Morgan fingerprint density at radius 2 is 2.19 bits per heavy atom. The first-order valence-corrected chi connectivity index (χ1v) is 9.18. The molecule has 1 fully saturated rings. The number of aromatic nitrogens is 2. The summed E-state index contributed by atoms with van der Waals surface area (Å²) in [4.78, 5) is 0. The van der Waals surface area contributed by atoms with E-state index < -0.39 is 10.0 Å². The molecule has 1 aliphatic rings. The maximum Gasteiger partial charge on any atom is 0.260 e. The first-order chi connectivity index (χ1) is 9.96. The number of nitrogens with zero attached hydrogens (tertiary/aromatic N) is 2. The van der Waals surface area contributed by atoms with Gasteiger partial charge in [-0.15, -0.1) is 0 Å². The van der Waals surface area contributed by atoms with Gasteiger partial charge in [-0.25, -0.2) is 8.42 Å². The average molecular weight is 314 g/mol. The Kier molecular flexibility index (Phi) is 5.40. The van der Waals surface area contributed by atoms with Crippen LogP contribution >= 0.6 is 0 Å². The molecule has 0 unspecified atom stereocenters. The lowest BCUT2D eigenvalue weighted by atomic mass is 10.3. The lowest BCUT2D eigenvalue weighted by Crippen LogP contribution is -2.35. The summed E-state index contributed by atoms with van der Waals surface area (Å²) < 4.78 is 27.4. The summed E-state index contributed by atoms with van der Waals surface area (Å²) in [6.07, 6.45) is 5.42. The van der Waals surface area contributed by atoms with Crippen LogP contribution in [0, 0.1) is 0 Å². The van der Waals surface area contributed by atoms with Crippen LogP contribution in [0.1, 0.15) is 52.0 Å². The molecule has 1 aromatic rings. The van der Waals surface area contributed by atoms with Crippen LogP contribution in [-0.2, 0) is 16.6 Å². The normalized spacial score (nSPS) is 16.0. The van der Waals surface area contributed by atoms with Crippen LogP contribution < -0.4 is 5.32 Å². The number of aromatic amines is 1. The fourth-order valence-corrected chi connectivity index (χ4v) is 4.09. The van der Waals surface area contributed by atoms with Gasteiger partial charge in [-0.2, -0.15) is 9.40 Å². The highest BCUT2D eigenvalue weighted by Gasteiger charge is 2.39. The van der Waals surface area contributed by atoms with E-state index in [1.807, 2.05) is 13.8 Å². The van der Waals surface area contributed by atoms with Crippen LogP contribution in [0.15, 0.2) is 11.2 Å². The van der Waals surface area contributed by atoms with Gasteiger partial charge in [-0.1, -0.05) is 27.2 Å². The number of unbranched alkanes of at least 4 members (excludes halogenated alkanes) is 1. The summed E-state index contributed by atoms with van der Waals surface area (Å²) in [6, 6.07) is 0.478. The van der Waals surface area contributed by atoms with E-state index in [9.17, 15) is 8.42 Å². The van der Waals surface area contributed by atoms with Gasteiger partial charge in [0.25, 0.3) is 10.0 Å². The second kappa shape index (κ2) is 6.89. The summed E-state index contributed by atoms with van der Waals surface area (Å²) in [5.41, 5.74) is 0.714. The third kappa shape index (κ3) is 4.05. The molecule has 7 heteroatoms. The molecule has 2 N–H and O–H groups in total. The van der Waals surface area contributed by atoms with Crippen molar-refractivity contribution in [1.29, 1.82) is 0 Å². The Morgan fingerprint density at radius 3 is 2.76 bits per heavy atom. The van der Waals surface area contributed by atoms with E-state index in [2.05, 4.69) is 22.4 Å². The highest BCUT2D eigenvalue weighted by Crippen LogP contribution is 2.32. The fraction of sp³-hybridized carbons (Fsp3) is 0.786. The van der Waals surface area contributed by atoms with Gasteiger partial charge in [0, 0.05) is 30.7 Å². The van der Waals surface area contributed by atoms with Crippen LogP contribution in [-0.4, -0.2) is 41.5 Å². The van der Waals surface area contributed by atoms with Gasteiger partial charge in [0.05, 0.1) is 6.20 Å². The Labute approximate surface area is 127 Å². The Bertz CT molecular complexity index is 549. The molecule has 2 rings (SSSR count). The molecule has 1 heterocycles. The maximum absolute atomic E-state index is 12.9. The van der Waals surface area contributed by atoms with Crippen molar-refractivity contribution in [2.24, 2.45) is 0 Å². The molecule has 0 aromatic carbocycles. The van der Waals surface area contributed by atoms with Crippen LogP contribution in [0.2, 0.25) is 0 Å². The Balaban J connectivity index is 2.19. The predicted octanol–water partition coefficient (Wildman–Crippen LogP) is 1.86.